The molecule has 2 heterocycles. The number of carbonyl (C=O) groups is 1. The van der Waals surface area contributed by atoms with E-state index in [1.54, 1.807) is 7.11 Å². The first-order valence-corrected chi connectivity index (χ1v) is 6.86. The Labute approximate surface area is 120 Å². The molecule has 2 aliphatic rings. The molecule has 1 aromatic heterocycles. The maximum absolute atomic E-state index is 12.5. The van der Waals surface area contributed by atoms with Gasteiger partial charge in [-0.3, -0.25) is 4.79 Å². The number of hydrogen-bond donors (Lipinski definition) is 1. The molecule has 1 N–H and O–H groups in total. The Balaban J connectivity index is 1.65. The van der Waals surface area contributed by atoms with Gasteiger partial charge in [-0.2, -0.15) is 13.9 Å². The average Bonchev–Trinajstić information content (AvgIpc) is 3.09. The predicted molar refractivity (Wildman–Crippen MR) is 67.9 cm³/mol. The molecule has 0 spiro atoms. The largest absolute Gasteiger partial charge is 0.384 e. The van der Waals surface area contributed by atoms with E-state index in [-0.39, 0.29) is 29.7 Å². The van der Waals surface area contributed by atoms with Gasteiger partial charge in [-0.1, -0.05) is 0 Å². The van der Waals surface area contributed by atoms with Crippen molar-refractivity contribution < 1.29 is 23.0 Å². The minimum atomic E-state index is -2.75. The fourth-order valence-corrected chi connectivity index (χ4v) is 3.23. The third-order valence-electron chi connectivity index (χ3n) is 4.23. The highest BCUT2D eigenvalue weighted by atomic mass is 19.3. The number of methoxy groups -OCH3 is 1. The van der Waals surface area contributed by atoms with Crippen molar-refractivity contribution in [2.24, 2.45) is 11.8 Å². The highest BCUT2D eigenvalue weighted by Gasteiger charge is 2.54. The maximum atomic E-state index is 12.5. The summed E-state index contributed by atoms with van der Waals surface area (Å²) in [7, 11) is 1.60. The molecule has 0 unspecified atom stereocenters. The molecule has 3 rings (SSSR count). The number of nitrogens with zero attached hydrogens (tertiary/aromatic N) is 2. The Bertz CT molecular complexity index is 523. The first-order chi connectivity index (χ1) is 10.1. The minimum absolute atomic E-state index is 0.00571. The second-order valence-electron chi connectivity index (χ2n) is 5.37. The van der Waals surface area contributed by atoms with Gasteiger partial charge in [0.1, 0.15) is 5.69 Å². The van der Waals surface area contributed by atoms with Crippen LogP contribution in [0.25, 0.3) is 0 Å². The van der Waals surface area contributed by atoms with Crippen molar-refractivity contribution in [3.63, 3.8) is 0 Å². The lowest BCUT2D eigenvalue weighted by molar-refractivity contribution is -0.0810. The quantitative estimate of drug-likeness (QED) is 0.883. The molecule has 21 heavy (non-hydrogen) atoms. The minimum Gasteiger partial charge on any atom is -0.384 e. The molecule has 1 aliphatic heterocycles. The van der Waals surface area contributed by atoms with Crippen LogP contribution in [0.2, 0.25) is 0 Å². The number of alkyl halides is 2. The van der Waals surface area contributed by atoms with Gasteiger partial charge in [0.05, 0.1) is 12.7 Å². The Morgan fingerprint density at radius 1 is 1.67 bits per heavy atom. The van der Waals surface area contributed by atoms with Crippen LogP contribution >= 0.6 is 0 Å². The van der Waals surface area contributed by atoms with E-state index in [1.165, 1.54) is 6.07 Å². The van der Waals surface area contributed by atoms with Crippen LogP contribution in [0.4, 0.5) is 8.78 Å². The van der Waals surface area contributed by atoms with E-state index in [4.69, 9.17) is 9.47 Å². The van der Waals surface area contributed by atoms with E-state index >= 15 is 0 Å². The van der Waals surface area contributed by atoms with Crippen molar-refractivity contribution in [1.82, 2.24) is 15.1 Å². The van der Waals surface area contributed by atoms with Crippen LogP contribution in [0.5, 0.6) is 0 Å². The predicted octanol–water partition coefficient (Wildman–Crippen LogP) is 1.06. The molecule has 4 atom stereocenters. The molecule has 0 radical (unpaired) electrons. The SMILES string of the molecule is COC[C@@H]1[C@H](NC(=O)c2ccn(C(F)F)n2)[C@@H]2CCO[C@H]12. The van der Waals surface area contributed by atoms with Crippen molar-refractivity contribution in [3.8, 4) is 0 Å². The lowest BCUT2D eigenvalue weighted by atomic mass is 9.67. The summed E-state index contributed by atoms with van der Waals surface area (Å²) in [4.78, 5) is 12.1. The summed E-state index contributed by atoms with van der Waals surface area (Å²) < 4.78 is 36.2. The Morgan fingerprint density at radius 2 is 2.48 bits per heavy atom. The van der Waals surface area contributed by atoms with Crippen molar-refractivity contribution in [3.05, 3.63) is 18.0 Å². The topological polar surface area (TPSA) is 65.4 Å². The molecule has 1 aliphatic carbocycles. The number of carbonyl (C=O) groups excluding carboxylic acids is 1. The van der Waals surface area contributed by atoms with E-state index in [2.05, 4.69) is 10.4 Å². The van der Waals surface area contributed by atoms with Gasteiger partial charge in [-0.25, -0.2) is 4.68 Å². The van der Waals surface area contributed by atoms with Crippen molar-refractivity contribution in [1.29, 1.82) is 0 Å². The molecular weight excluding hydrogens is 284 g/mol. The van der Waals surface area contributed by atoms with E-state index in [9.17, 15) is 13.6 Å². The Morgan fingerprint density at radius 3 is 3.14 bits per heavy atom. The van der Waals surface area contributed by atoms with Gasteiger partial charge in [0, 0.05) is 37.8 Å². The number of aromatic nitrogens is 2. The van der Waals surface area contributed by atoms with Gasteiger partial charge in [0.25, 0.3) is 5.91 Å². The molecule has 1 aromatic rings. The molecule has 2 fully saturated rings. The van der Waals surface area contributed by atoms with Gasteiger partial charge < -0.3 is 14.8 Å². The van der Waals surface area contributed by atoms with Crippen LogP contribution in [0, 0.1) is 11.8 Å². The summed E-state index contributed by atoms with van der Waals surface area (Å²) in [5.41, 5.74) is -0.00571. The van der Waals surface area contributed by atoms with Crippen molar-refractivity contribution >= 4 is 5.91 Å². The number of hydrogen-bond acceptors (Lipinski definition) is 4. The van der Waals surface area contributed by atoms with Gasteiger partial charge in [-0.05, 0) is 12.5 Å². The summed E-state index contributed by atoms with van der Waals surface area (Å²) >= 11 is 0. The smallest absolute Gasteiger partial charge is 0.333 e. The molecule has 6 nitrogen and oxygen atoms in total. The average molecular weight is 301 g/mol. The molecule has 8 heteroatoms. The van der Waals surface area contributed by atoms with Crippen LogP contribution < -0.4 is 5.32 Å². The van der Waals surface area contributed by atoms with Gasteiger partial charge in [0.15, 0.2) is 0 Å². The fourth-order valence-electron chi connectivity index (χ4n) is 3.23. The molecule has 116 valence electrons. The number of amides is 1. The summed E-state index contributed by atoms with van der Waals surface area (Å²) in [6.45, 7) is -1.57. The lowest BCUT2D eigenvalue weighted by Crippen LogP contribution is -2.62. The van der Waals surface area contributed by atoms with E-state index < -0.39 is 12.5 Å². The van der Waals surface area contributed by atoms with Gasteiger partial charge >= 0.3 is 6.55 Å². The zero-order valence-electron chi connectivity index (χ0n) is 11.5. The molecule has 1 saturated carbocycles. The fraction of sp³-hybridized carbons (Fsp3) is 0.692. The van der Waals surface area contributed by atoms with Crippen molar-refractivity contribution in [2.75, 3.05) is 20.3 Å². The summed E-state index contributed by atoms with van der Waals surface area (Å²) in [5.74, 6) is -0.0687. The summed E-state index contributed by atoms with van der Waals surface area (Å²) in [5, 5.41) is 6.44. The number of nitrogens with one attached hydrogen (secondary N) is 1. The Kier molecular flexibility index (Phi) is 3.90. The number of halogens is 2. The lowest BCUT2D eigenvalue weighted by Gasteiger charge is -2.47. The third-order valence-corrected chi connectivity index (χ3v) is 4.23. The monoisotopic (exact) mass is 301 g/mol. The number of rotatable bonds is 5. The van der Waals surface area contributed by atoms with Gasteiger partial charge in [-0.15, -0.1) is 0 Å². The van der Waals surface area contributed by atoms with Crippen LogP contribution in [0.3, 0.4) is 0 Å². The molecule has 0 bridgehead atoms. The van der Waals surface area contributed by atoms with E-state index in [0.29, 0.717) is 17.9 Å². The van der Waals surface area contributed by atoms with E-state index in [1.807, 2.05) is 0 Å². The molecule has 1 amide bonds. The van der Waals surface area contributed by atoms with Crippen molar-refractivity contribution in [2.45, 2.75) is 25.1 Å². The number of fused-ring (bicyclic) bond motifs is 1. The highest BCUT2D eigenvalue weighted by Crippen LogP contribution is 2.43. The van der Waals surface area contributed by atoms with Crippen LogP contribution in [0.15, 0.2) is 12.3 Å². The normalized spacial score (nSPS) is 31.0. The first kappa shape index (κ1) is 14.4. The van der Waals surface area contributed by atoms with Crippen LogP contribution in [-0.4, -0.2) is 48.2 Å². The summed E-state index contributed by atoms with van der Waals surface area (Å²) in [6, 6.07) is 1.23. The standard InChI is InChI=1S/C13H17F2N3O3/c1-20-6-8-10(7-3-5-21-11(7)8)16-12(19)9-2-4-18(17-9)13(14)15/h2,4,7-8,10-11,13H,3,5-6H2,1H3,(H,16,19)/t7-,8+,10+,11-/m0/s1. The second-order valence-corrected chi connectivity index (χ2v) is 5.37. The zero-order valence-corrected chi connectivity index (χ0v) is 11.5. The molecule has 0 aromatic carbocycles. The zero-order chi connectivity index (χ0) is 15.0. The maximum Gasteiger partial charge on any atom is 0.333 e. The van der Waals surface area contributed by atoms with Gasteiger partial charge in [0.2, 0.25) is 0 Å². The number of ether oxygens (including phenoxy) is 2. The molecule has 1 saturated heterocycles. The highest BCUT2D eigenvalue weighted by molar-refractivity contribution is 5.92. The Hall–Kier alpha value is -1.54. The second kappa shape index (κ2) is 5.69. The van der Waals surface area contributed by atoms with Crippen LogP contribution in [-0.2, 0) is 9.47 Å². The summed E-state index contributed by atoms with van der Waals surface area (Å²) in [6.07, 6.45) is 2.10. The van der Waals surface area contributed by atoms with Crippen LogP contribution in [0.1, 0.15) is 23.5 Å². The first-order valence-electron chi connectivity index (χ1n) is 6.86. The molecular formula is C13H17F2N3O3. The van der Waals surface area contributed by atoms with E-state index in [0.717, 1.165) is 12.6 Å². The third kappa shape index (κ3) is 2.53.